The number of amides is 1. The zero-order valence-corrected chi connectivity index (χ0v) is 12.6. The van der Waals surface area contributed by atoms with Gasteiger partial charge in [-0.05, 0) is 36.2 Å². The highest BCUT2D eigenvalue weighted by Gasteiger charge is 2.17. The molecule has 0 aromatic heterocycles. The first-order valence-electron chi connectivity index (χ1n) is 6.93. The van der Waals surface area contributed by atoms with E-state index in [1.54, 1.807) is 12.1 Å². The highest BCUT2D eigenvalue weighted by molar-refractivity contribution is 6.30. The normalized spacial score (nSPS) is 11.7. The molecule has 0 saturated heterocycles. The molecule has 0 saturated carbocycles. The van der Waals surface area contributed by atoms with Gasteiger partial charge in [0.15, 0.2) is 6.10 Å². The minimum Gasteiger partial charge on any atom is -0.481 e. The Morgan fingerprint density at radius 2 is 1.81 bits per heavy atom. The Morgan fingerprint density at radius 3 is 2.43 bits per heavy atom. The zero-order chi connectivity index (χ0) is 15.1. The van der Waals surface area contributed by atoms with Crippen LogP contribution in [-0.4, -0.2) is 12.0 Å². The molecule has 1 N–H and O–H groups in total. The standard InChI is InChI=1S/C17H18ClNO2/c1-2-16(21-15-6-4-3-5-7-15)17(20)19-12-13-8-10-14(18)11-9-13/h3-11,16H,2,12H2,1H3,(H,19,20). The first kappa shape index (κ1) is 15.4. The largest absolute Gasteiger partial charge is 0.481 e. The van der Waals surface area contributed by atoms with Crippen molar-refractivity contribution in [3.05, 3.63) is 65.2 Å². The van der Waals surface area contributed by atoms with E-state index in [4.69, 9.17) is 16.3 Å². The predicted molar refractivity (Wildman–Crippen MR) is 84.4 cm³/mol. The van der Waals surface area contributed by atoms with Crippen LogP contribution in [0.3, 0.4) is 0 Å². The Bertz CT molecular complexity index is 569. The van der Waals surface area contributed by atoms with Gasteiger partial charge in [0.25, 0.3) is 5.91 Å². The summed E-state index contributed by atoms with van der Waals surface area (Å²) in [5.74, 6) is 0.585. The quantitative estimate of drug-likeness (QED) is 0.881. The number of ether oxygens (including phenoxy) is 1. The summed E-state index contributed by atoms with van der Waals surface area (Å²) >= 11 is 5.83. The number of carbonyl (C=O) groups is 1. The van der Waals surface area contributed by atoms with Gasteiger partial charge in [-0.2, -0.15) is 0 Å². The summed E-state index contributed by atoms with van der Waals surface area (Å²) in [7, 11) is 0. The van der Waals surface area contributed by atoms with Crippen LogP contribution >= 0.6 is 11.6 Å². The molecule has 1 atom stereocenters. The second kappa shape index (κ2) is 7.70. The maximum atomic E-state index is 12.2. The van der Waals surface area contributed by atoms with E-state index in [1.807, 2.05) is 49.4 Å². The molecule has 0 aliphatic heterocycles. The average molecular weight is 304 g/mol. The fourth-order valence-electron chi connectivity index (χ4n) is 1.89. The predicted octanol–water partition coefficient (Wildman–Crippen LogP) is 3.81. The molecule has 0 aliphatic carbocycles. The second-order valence-electron chi connectivity index (χ2n) is 4.67. The molecule has 2 aromatic rings. The van der Waals surface area contributed by atoms with Gasteiger partial charge in [0.1, 0.15) is 5.75 Å². The molecule has 110 valence electrons. The third-order valence-corrected chi connectivity index (χ3v) is 3.32. The highest BCUT2D eigenvalue weighted by Crippen LogP contribution is 2.13. The maximum Gasteiger partial charge on any atom is 0.261 e. The number of para-hydroxylation sites is 1. The van der Waals surface area contributed by atoms with Gasteiger partial charge in [0.05, 0.1) is 0 Å². The van der Waals surface area contributed by atoms with Crippen LogP contribution in [0.15, 0.2) is 54.6 Å². The van der Waals surface area contributed by atoms with Crippen LogP contribution in [0, 0.1) is 0 Å². The summed E-state index contributed by atoms with van der Waals surface area (Å²) in [6, 6.07) is 16.8. The van der Waals surface area contributed by atoms with E-state index in [-0.39, 0.29) is 5.91 Å². The van der Waals surface area contributed by atoms with E-state index in [9.17, 15) is 4.79 Å². The lowest BCUT2D eigenvalue weighted by Crippen LogP contribution is -2.37. The number of hydrogen-bond acceptors (Lipinski definition) is 2. The fourth-order valence-corrected chi connectivity index (χ4v) is 2.02. The minimum absolute atomic E-state index is 0.115. The molecule has 4 heteroatoms. The van der Waals surface area contributed by atoms with Gasteiger partial charge >= 0.3 is 0 Å². The molecule has 0 spiro atoms. The van der Waals surface area contributed by atoms with Crippen LogP contribution in [0.2, 0.25) is 5.02 Å². The Balaban J connectivity index is 1.89. The monoisotopic (exact) mass is 303 g/mol. The van der Waals surface area contributed by atoms with Crippen LogP contribution in [0.1, 0.15) is 18.9 Å². The Morgan fingerprint density at radius 1 is 1.14 bits per heavy atom. The van der Waals surface area contributed by atoms with Crippen LogP contribution in [0.4, 0.5) is 0 Å². The molecule has 1 unspecified atom stereocenters. The molecule has 0 fully saturated rings. The van der Waals surface area contributed by atoms with Crippen LogP contribution in [0.25, 0.3) is 0 Å². The van der Waals surface area contributed by atoms with Gasteiger partial charge in [-0.15, -0.1) is 0 Å². The van der Waals surface area contributed by atoms with Gasteiger partial charge < -0.3 is 10.1 Å². The van der Waals surface area contributed by atoms with Gasteiger partial charge in [0, 0.05) is 11.6 Å². The summed E-state index contributed by atoms with van der Waals surface area (Å²) < 4.78 is 5.70. The Hall–Kier alpha value is -2.00. The molecule has 21 heavy (non-hydrogen) atoms. The summed E-state index contributed by atoms with van der Waals surface area (Å²) in [6.07, 6.45) is 0.126. The molecule has 2 rings (SSSR count). The lowest BCUT2D eigenvalue weighted by atomic mass is 10.2. The van der Waals surface area contributed by atoms with Crippen LogP contribution in [0.5, 0.6) is 5.75 Å². The van der Waals surface area contributed by atoms with Crippen LogP contribution in [-0.2, 0) is 11.3 Å². The molecular formula is C17H18ClNO2. The molecule has 0 aliphatic rings. The number of benzene rings is 2. The van der Waals surface area contributed by atoms with Gasteiger partial charge in [-0.3, -0.25) is 4.79 Å². The molecule has 0 radical (unpaired) electrons. The van der Waals surface area contributed by atoms with E-state index >= 15 is 0 Å². The topological polar surface area (TPSA) is 38.3 Å². The lowest BCUT2D eigenvalue weighted by Gasteiger charge is -2.17. The third kappa shape index (κ3) is 4.80. The van der Waals surface area contributed by atoms with E-state index < -0.39 is 6.10 Å². The van der Waals surface area contributed by atoms with Crippen LogP contribution < -0.4 is 10.1 Å². The van der Waals surface area contributed by atoms with Crippen molar-refractivity contribution in [1.82, 2.24) is 5.32 Å². The van der Waals surface area contributed by atoms with Crippen molar-refractivity contribution in [1.29, 1.82) is 0 Å². The average Bonchev–Trinajstić information content (AvgIpc) is 2.52. The minimum atomic E-state index is -0.486. The van der Waals surface area contributed by atoms with E-state index in [0.717, 1.165) is 5.56 Å². The molecule has 3 nitrogen and oxygen atoms in total. The number of carbonyl (C=O) groups excluding carboxylic acids is 1. The van der Waals surface area contributed by atoms with Gasteiger partial charge in [-0.1, -0.05) is 48.9 Å². The molecular weight excluding hydrogens is 286 g/mol. The molecule has 0 heterocycles. The summed E-state index contributed by atoms with van der Waals surface area (Å²) in [5, 5.41) is 3.57. The van der Waals surface area contributed by atoms with Crippen molar-refractivity contribution in [3.8, 4) is 5.75 Å². The SMILES string of the molecule is CCC(Oc1ccccc1)C(=O)NCc1ccc(Cl)cc1. The van der Waals surface area contributed by atoms with Crippen molar-refractivity contribution in [3.63, 3.8) is 0 Å². The van der Waals surface area contributed by atoms with E-state index in [2.05, 4.69) is 5.32 Å². The van der Waals surface area contributed by atoms with Crippen molar-refractivity contribution in [2.75, 3.05) is 0 Å². The first-order chi connectivity index (χ1) is 10.2. The number of hydrogen-bond donors (Lipinski definition) is 1. The Kier molecular flexibility index (Phi) is 5.64. The highest BCUT2D eigenvalue weighted by atomic mass is 35.5. The molecule has 1 amide bonds. The fraction of sp³-hybridized carbons (Fsp3) is 0.235. The van der Waals surface area contributed by atoms with E-state index in [0.29, 0.717) is 23.7 Å². The van der Waals surface area contributed by atoms with Gasteiger partial charge in [0.2, 0.25) is 0 Å². The van der Waals surface area contributed by atoms with Gasteiger partial charge in [-0.25, -0.2) is 0 Å². The number of halogens is 1. The lowest BCUT2D eigenvalue weighted by molar-refractivity contribution is -0.128. The second-order valence-corrected chi connectivity index (χ2v) is 5.11. The summed E-state index contributed by atoms with van der Waals surface area (Å²) in [6.45, 7) is 2.39. The maximum absolute atomic E-state index is 12.2. The van der Waals surface area contributed by atoms with E-state index in [1.165, 1.54) is 0 Å². The third-order valence-electron chi connectivity index (χ3n) is 3.06. The molecule has 0 bridgehead atoms. The van der Waals surface area contributed by atoms with Crippen molar-refractivity contribution in [2.45, 2.75) is 26.0 Å². The smallest absolute Gasteiger partial charge is 0.261 e. The number of nitrogens with one attached hydrogen (secondary N) is 1. The first-order valence-corrected chi connectivity index (χ1v) is 7.30. The molecule has 2 aromatic carbocycles. The van der Waals surface area contributed by atoms with Crippen molar-refractivity contribution >= 4 is 17.5 Å². The summed E-state index contributed by atoms with van der Waals surface area (Å²) in [5.41, 5.74) is 1.00. The zero-order valence-electron chi connectivity index (χ0n) is 11.9. The van der Waals surface area contributed by atoms with Crippen molar-refractivity contribution < 1.29 is 9.53 Å². The summed E-state index contributed by atoms with van der Waals surface area (Å²) in [4.78, 5) is 12.2. The number of rotatable bonds is 6. The van der Waals surface area contributed by atoms with Crippen molar-refractivity contribution in [2.24, 2.45) is 0 Å². The Labute approximate surface area is 129 Å².